The van der Waals surface area contributed by atoms with Gasteiger partial charge in [0, 0.05) is 32.5 Å². The van der Waals surface area contributed by atoms with Gasteiger partial charge in [0.15, 0.2) is 11.4 Å². The van der Waals surface area contributed by atoms with Crippen molar-refractivity contribution in [1.82, 2.24) is 15.2 Å². The van der Waals surface area contributed by atoms with Crippen molar-refractivity contribution in [2.75, 3.05) is 34.0 Å². The lowest BCUT2D eigenvalue weighted by atomic mass is 9.99. The lowest BCUT2D eigenvalue weighted by Gasteiger charge is -2.27. The summed E-state index contributed by atoms with van der Waals surface area (Å²) in [6, 6.07) is 30.8. The van der Waals surface area contributed by atoms with Crippen molar-refractivity contribution in [3.05, 3.63) is 135 Å². The van der Waals surface area contributed by atoms with Gasteiger partial charge in [-0.15, -0.1) is 0 Å². The van der Waals surface area contributed by atoms with E-state index in [1.165, 1.54) is 13.2 Å². The maximum atomic E-state index is 14.0. The van der Waals surface area contributed by atoms with Gasteiger partial charge < -0.3 is 24.1 Å². The number of methoxy groups -OCH3 is 2. The number of benzene rings is 3. The van der Waals surface area contributed by atoms with Crippen LogP contribution in [0.5, 0.6) is 5.75 Å². The Bertz CT molecular complexity index is 1360. The summed E-state index contributed by atoms with van der Waals surface area (Å²) in [7, 11) is 3.12. The van der Waals surface area contributed by atoms with Gasteiger partial charge in [0.1, 0.15) is 6.61 Å². The molecular formula is C32H35N3O5. The number of ether oxygens (including phenoxy) is 3. The zero-order valence-corrected chi connectivity index (χ0v) is 22.8. The molecule has 208 valence electrons. The second kappa shape index (κ2) is 14.8. The summed E-state index contributed by atoms with van der Waals surface area (Å²) < 4.78 is 16.5. The van der Waals surface area contributed by atoms with Gasteiger partial charge in [-0.25, -0.2) is 0 Å². The second-order valence-electron chi connectivity index (χ2n) is 9.25. The molecule has 0 aliphatic heterocycles. The van der Waals surface area contributed by atoms with Gasteiger partial charge >= 0.3 is 0 Å². The van der Waals surface area contributed by atoms with Gasteiger partial charge in [-0.3, -0.25) is 14.9 Å². The monoisotopic (exact) mass is 541 g/mol. The fraction of sp³-hybridized carbons (Fsp3) is 0.250. The predicted octanol–water partition coefficient (Wildman–Crippen LogP) is 4.53. The largest absolute Gasteiger partial charge is 0.483 e. The number of hydrogen-bond donors (Lipinski definition) is 2. The van der Waals surface area contributed by atoms with Crippen LogP contribution in [-0.2, 0) is 22.7 Å². The zero-order chi connectivity index (χ0) is 28.2. The van der Waals surface area contributed by atoms with Crippen LogP contribution in [0.1, 0.15) is 38.9 Å². The Kier molecular flexibility index (Phi) is 10.6. The summed E-state index contributed by atoms with van der Waals surface area (Å²) in [5.74, 6) is -0.415. The number of nitrogens with one attached hydrogen (secondary N) is 2. The zero-order valence-electron chi connectivity index (χ0n) is 22.8. The number of amides is 1. The molecule has 0 fully saturated rings. The van der Waals surface area contributed by atoms with Crippen molar-refractivity contribution in [1.29, 1.82) is 0 Å². The SMILES string of the molecule is COCCN(CNC(c1ccccc1)c1ccccc1)C(=O)c1[nH]c(COC)cc(=O)c1OCc1ccccc1. The molecule has 0 saturated heterocycles. The van der Waals surface area contributed by atoms with Crippen LogP contribution in [0.3, 0.4) is 0 Å². The van der Waals surface area contributed by atoms with Crippen molar-refractivity contribution in [3.8, 4) is 5.75 Å². The number of H-pyrrole nitrogens is 1. The van der Waals surface area contributed by atoms with Crippen LogP contribution in [0, 0.1) is 0 Å². The normalized spacial score (nSPS) is 11.0. The number of aromatic amines is 1. The van der Waals surface area contributed by atoms with E-state index < -0.39 is 5.43 Å². The third kappa shape index (κ3) is 7.66. The Hall–Kier alpha value is -4.24. The molecule has 0 saturated carbocycles. The third-order valence-corrected chi connectivity index (χ3v) is 6.39. The van der Waals surface area contributed by atoms with Gasteiger partial charge in [0.05, 0.1) is 25.9 Å². The van der Waals surface area contributed by atoms with E-state index in [0.717, 1.165) is 16.7 Å². The molecule has 1 heterocycles. The molecule has 2 N–H and O–H groups in total. The second-order valence-corrected chi connectivity index (χ2v) is 9.25. The molecule has 0 aliphatic rings. The lowest BCUT2D eigenvalue weighted by molar-refractivity contribution is 0.0662. The average molecular weight is 542 g/mol. The van der Waals surface area contributed by atoms with Crippen LogP contribution < -0.4 is 15.5 Å². The molecule has 1 aromatic heterocycles. The average Bonchev–Trinajstić information content (AvgIpc) is 2.99. The Morgan fingerprint density at radius 3 is 2.02 bits per heavy atom. The number of rotatable bonds is 14. The van der Waals surface area contributed by atoms with Gasteiger partial charge in [-0.05, 0) is 16.7 Å². The van der Waals surface area contributed by atoms with Crippen LogP contribution in [-0.4, -0.2) is 49.8 Å². The molecule has 0 aliphatic carbocycles. The first-order valence-corrected chi connectivity index (χ1v) is 13.1. The first-order valence-electron chi connectivity index (χ1n) is 13.1. The molecular weight excluding hydrogens is 506 g/mol. The highest BCUT2D eigenvalue weighted by atomic mass is 16.5. The molecule has 1 amide bonds. The summed E-state index contributed by atoms with van der Waals surface area (Å²) in [5.41, 5.74) is 3.17. The maximum absolute atomic E-state index is 14.0. The third-order valence-electron chi connectivity index (χ3n) is 6.39. The number of carbonyl (C=O) groups excluding carboxylic acids is 1. The van der Waals surface area contributed by atoms with Crippen LogP contribution in [0.4, 0.5) is 0 Å². The molecule has 4 rings (SSSR count). The summed E-state index contributed by atoms with van der Waals surface area (Å²) >= 11 is 0. The summed E-state index contributed by atoms with van der Waals surface area (Å²) in [6.07, 6.45) is 0. The number of hydrogen-bond acceptors (Lipinski definition) is 6. The van der Waals surface area contributed by atoms with E-state index in [0.29, 0.717) is 18.8 Å². The molecule has 4 aromatic rings. The van der Waals surface area contributed by atoms with E-state index in [1.807, 2.05) is 91.0 Å². The molecule has 0 unspecified atom stereocenters. The van der Waals surface area contributed by atoms with Crippen LogP contribution in [0.15, 0.2) is 102 Å². The van der Waals surface area contributed by atoms with Crippen LogP contribution >= 0.6 is 0 Å². The summed E-state index contributed by atoms with van der Waals surface area (Å²) in [5, 5.41) is 3.54. The van der Waals surface area contributed by atoms with Crippen molar-refractivity contribution >= 4 is 5.91 Å². The molecule has 3 aromatic carbocycles. The summed E-state index contributed by atoms with van der Waals surface area (Å²) in [6.45, 7) is 1.11. The minimum absolute atomic E-state index is 0.0289. The molecule has 8 nitrogen and oxygen atoms in total. The molecule has 40 heavy (non-hydrogen) atoms. The first-order chi connectivity index (χ1) is 19.6. The molecule has 0 bridgehead atoms. The van der Waals surface area contributed by atoms with Gasteiger partial charge in [-0.1, -0.05) is 91.0 Å². The highest BCUT2D eigenvalue weighted by Gasteiger charge is 2.25. The number of pyridine rings is 1. The van der Waals surface area contributed by atoms with Crippen molar-refractivity contribution in [2.45, 2.75) is 19.3 Å². The van der Waals surface area contributed by atoms with E-state index in [9.17, 15) is 9.59 Å². The standard InChI is InChI=1S/C32H35N3O5/c1-38-19-18-35(23-33-29(25-14-8-4-9-15-25)26-16-10-5-11-17-26)32(37)30-31(28(36)20-27(34-30)22-39-2)40-21-24-12-6-3-7-13-24/h3-17,20,29,33H,18-19,21-23H2,1-2H3,(H,34,36). The van der Waals surface area contributed by atoms with E-state index in [-0.39, 0.29) is 43.3 Å². The Labute approximate surface area is 234 Å². The van der Waals surface area contributed by atoms with Crippen molar-refractivity contribution in [3.63, 3.8) is 0 Å². The highest BCUT2D eigenvalue weighted by Crippen LogP contribution is 2.22. The minimum Gasteiger partial charge on any atom is -0.483 e. The highest BCUT2D eigenvalue weighted by molar-refractivity contribution is 5.95. The van der Waals surface area contributed by atoms with Gasteiger partial charge in [0.2, 0.25) is 5.43 Å². The van der Waals surface area contributed by atoms with Crippen molar-refractivity contribution in [2.24, 2.45) is 0 Å². The Morgan fingerprint density at radius 1 is 0.850 bits per heavy atom. The van der Waals surface area contributed by atoms with Crippen LogP contribution in [0.25, 0.3) is 0 Å². The van der Waals surface area contributed by atoms with Crippen LogP contribution in [0.2, 0.25) is 0 Å². The Balaban J connectivity index is 1.64. The Morgan fingerprint density at radius 2 is 1.45 bits per heavy atom. The summed E-state index contributed by atoms with van der Waals surface area (Å²) in [4.78, 5) is 31.8. The predicted molar refractivity (Wildman–Crippen MR) is 154 cm³/mol. The quantitative estimate of drug-likeness (QED) is 0.228. The fourth-order valence-corrected chi connectivity index (χ4v) is 4.39. The van der Waals surface area contributed by atoms with E-state index >= 15 is 0 Å². The maximum Gasteiger partial charge on any atom is 0.275 e. The lowest BCUT2D eigenvalue weighted by Crippen LogP contribution is -2.43. The number of nitrogens with zero attached hydrogens (tertiary/aromatic N) is 1. The van der Waals surface area contributed by atoms with Gasteiger partial charge in [0.25, 0.3) is 5.91 Å². The number of carbonyl (C=O) groups is 1. The van der Waals surface area contributed by atoms with Crippen molar-refractivity contribution < 1.29 is 19.0 Å². The number of aromatic nitrogens is 1. The molecule has 0 atom stereocenters. The molecule has 0 radical (unpaired) electrons. The van der Waals surface area contributed by atoms with E-state index in [1.54, 1.807) is 12.0 Å². The first kappa shape index (κ1) is 28.8. The topological polar surface area (TPSA) is 92.9 Å². The van der Waals surface area contributed by atoms with E-state index in [2.05, 4.69) is 10.3 Å². The molecule has 8 heteroatoms. The smallest absolute Gasteiger partial charge is 0.275 e. The fourth-order valence-electron chi connectivity index (χ4n) is 4.39. The molecule has 0 spiro atoms. The van der Waals surface area contributed by atoms with E-state index in [4.69, 9.17) is 14.2 Å². The minimum atomic E-state index is -0.392. The van der Waals surface area contributed by atoms with Gasteiger partial charge in [-0.2, -0.15) is 0 Å².